The van der Waals surface area contributed by atoms with E-state index in [0.717, 1.165) is 6.26 Å². The first-order chi connectivity index (χ1) is 13.7. The van der Waals surface area contributed by atoms with Gasteiger partial charge in [-0.1, -0.05) is 6.92 Å². The predicted octanol–water partition coefficient (Wildman–Crippen LogP) is 2.04. The van der Waals surface area contributed by atoms with Gasteiger partial charge in [0.2, 0.25) is 10.0 Å². The molecule has 0 saturated carbocycles. The summed E-state index contributed by atoms with van der Waals surface area (Å²) in [6, 6.07) is 6.58. The summed E-state index contributed by atoms with van der Waals surface area (Å²) in [5, 5.41) is 0. The topological polar surface area (TPSA) is 93.2 Å². The number of rotatable bonds is 8. The summed E-state index contributed by atoms with van der Waals surface area (Å²) in [6.45, 7) is 5.02. The van der Waals surface area contributed by atoms with E-state index in [1.54, 1.807) is 36.1 Å². The second-order valence-corrected chi connectivity index (χ2v) is 9.10. The molecule has 1 heterocycles. The standard InChI is InChI=1S/C20H30N2O6S/c1-5-18(19(23)22-13-11-15(12-14-22)20(24)27-6-2)28-17-9-7-16(8-10-17)21(3)29(4,25)26/h7-10,15,18H,5-6,11-14H2,1-4H3/t18-/m0/s1. The highest BCUT2D eigenvalue weighted by atomic mass is 32.2. The molecule has 9 heteroatoms. The molecule has 1 aliphatic rings. The Morgan fingerprint density at radius 3 is 2.24 bits per heavy atom. The quantitative estimate of drug-likeness (QED) is 0.591. The van der Waals surface area contributed by atoms with Gasteiger partial charge in [-0.25, -0.2) is 8.42 Å². The second kappa shape index (κ2) is 9.96. The number of hydrogen-bond donors (Lipinski definition) is 0. The van der Waals surface area contributed by atoms with E-state index in [0.29, 0.717) is 50.4 Å². The summed E-state index contributed by atoms with van der Waals surface area (Å²) in [5.41, 5.74) is 0.514. The number of anilines is 1. The molecule has 0 aromatic heterocycles. The van der Waals surface area contributed by atoms with Crippen LogP contribution in [0.15, 0.2) is 24.3 Å². The third-order valence-corrected chi connectivity index (χ3v) is 6.25. The van der Waals surface area contributed by atoms with Gasteiger partial charge in [-0.2, -0.15) is 0 Å². The van der Waals surface area contributed by atoms with E-state index in [1.807, 2.05) is 6.92 Å². The minimum atomic E-state index is -3.34. The molecule has 0 spiro atoms. The van der Waals surface area contributed by atoms with Gasteiger partial charge in [0.05, 0.1) is 24.5 Å². The summed E-state index contributed by atoms with van der Waals surface area (Å²) >= 11 is 0. The van der Waals surface area contributed by atoms with Crippen LogP contribution in [-0.4, -0.2) is 64.3 Å². The molecule has 1 saturated heterocycles. The molecule has 8 nitrogen and oxygen atoms in total. The smallest absolute Gasteiger partial charge is 0.309 e. The van der Waals surface area contributed by atoms with Crippen LogP contribution in [0.5, 0.6) is 5.75 Å². The lowest BCUT2D eigenvalue weighted by Gasteiger charge is -2.33. The molecule has 1 aliphatic heterocycles. The maximum atomic E-state index is 12.8. The summed E-state index contributed by atoms with van der Waals surface area (Å²) in [7, 11) is -1.86. The summed E-state index contributed by atoms with van der Waals surface area (Å²) < 4.78 is 35.3. The summed E-state index contributed by atoms with van der Waals surface area (Å²) in [4.78, 5) is 26.4. The van der Waals surface area contributed by atoms with Crippen LogP contribution in [0.4, 0.5) is 5.69 Å². The lowest BCUT2D eigenvalue weighted by atomic mass is 9.96. The zero-order valence-electron chi connectivity index (χ0n) is 17.5. The first-order valence-electron chi connectivity index (χ1n) is 9.83. The van der Waals surface area contributed by atoms with Crippen LogP contribution in [0.2, 0.25) is 0 Å². The van der Waals surface area contributed by atoms with Crippen molar-refractivity contribution < 1.29 is 27.5 Å². The molecule has 1 aromatic rings. The molecule has 0 N–H and O–H groups in total. The summed E-state index contributed by atoms with van der Waals surface area (Å²) in [5.74, 6) is 0.0471. The van der Waals surface area contributed by atoms with Crippen molar-refractivity contribution >= 4 is 27.6 Å². The second-order valence-electron chi connectivity index (χ2n) is 7.09. The van der Waals surface area contributed by atoms with Crippen molar-refractivity contribution in [3.63, 3.8) is 0 Å². The molecule has 0 bridgehead atoms. The molecule has 1 fully saturated rings. The van der Waals surface area contributed by atoms with Crippen LogP contribution in [0.25, 0.3) is 0 Å². The van der Waals surface area contributed by atoms with Gasteiger partial charge in [0, 0.05) is 20.1 Å². The van der Waals surface area contributed by atoms with Crippen molar-refractivity contribution in [2.24, 2.45) is 5.92 Å². The van der Waals surface area contributed by atoms with Crippen molar-refractivity contribution in [3.05, 3.63) is 24.3 Å². The lowest BCUT2D eigenvalue weighted by molar-refractivity contribution is -0.152. The van der Waals surface area contributed by atoms with Gasteiger partial charge in [0.25, 0.3) is 5.91 Å². The van der Waals surface area contributed by atoms with Crippen LogP contribution in [-0.2, 0) is 24.3 Å². The highest BCUT2D eigenvalue weighted by Gasteiger charge is 2.31. The SMILES string of the molecule is CCOC(=O)C1CCN(C(=O)[C@H](CC)Oc2ccc(N(C)S(C)(=O)=O)cc2)CC1. The predicted molar refractivity (Wildman–Crippen MR) is 110 cm³/mol. The molecular formula is C20H30N2O6S. The third-order valence-electron chi connectivity index (χ3n) is 5.05. The van der Waals surface area contributed by atoms with E-state index in [-0.39, 0.29) is 17.8 Å². The average Bonchev–Trinajstić information content (AvgIpc) is 2.71. The fourth-order valence-electron chi connectivity index (χ4n) is 3.20. The maximum Gasteiger partial charge on any atom is 0.309 e. The largest absolute Gasteiger partial charge is 0.481 e. The zero-order valence-corrected chi connectivity index (χ0v) is 18.3. The molecule has 0 unspecified atom stereocenters. The van der Waals surface area contributed by atoms with Crippen LogP contribution >= 0.6 is 0 Å². The minimum Gasteiger partial charge on any atom is -0.481 e. The Kier molecular flexibility index (Phi) is 7.89. The van der Waals surface area contributed by atoms with Crippen LogP contribution in [0.3, 0.4) is 0 Å². The molecular weight excluding hydrogens is 396 g/mol. The number of amides is 1. The maximum absolute atomic E-state index is 12.8. The first-order valence-corrected chi connectivity index (χ1v) is 11.7. The third kappa shape index (κ3) is 6.09. The van der Waals surface area contributed by atoms with Gasteiger partial charge in [0.1, 0.15) is 5.75 Å². The number of nitrogens with zero attached hydrogens (tertiary/aromatic N) is 2. The number of benzene rings is 1. The van der Waals surface area contributed by atoms with E-state index in [9.17, 15) is 18.0 Å². The fourth-order valence-corrected chi connectivity index (χ4v) is 3.70. The van der Waals surface area contributed by atoms with Crippen molar-refractivity contribution in [1.82, 2.24) is 4.90 Å². The number of likely N-dealkylation sites (tertiary alicyclic amines) is 1. The molecule has 162 valence electrons. The number of ether oxygens (including phenoxy) is 2. The molecule has 0 aliphatic carbocycles. The fraction of sp³-hybridized carbons (Fsp3) is 0.600. The Bertz CT molecular complexity index is 801. The number of sulfonamides is 1. The van der Waals surface area contributed by atoms with Gasteiger partial charge >= 0.3 is 5.97 Å². The zero-order chi connectivity index (χ0) is 21.6. The average molecular weight is 427 g/mol. The number of carbonyl (C=O) groups is 2. The Hall–Kier alpha value is -2.29. The van der Waals surface area contributed by atoms with Gasteiger partial charge in [-0.15, -0.1) is 0 Å². The van der Waals surface area contributed by atoms with Gasteiger partial charge in [-0.05, 0) is 50.5 Å². The van der Waals surface area contributed by atoms with Crippen LogP contribution in [0.1, 0.15) is 33.1 Å². The number of esters is 1. The van der Waals surface area contributed by atoms with Crippen LogP contribution < -0.4 is 9.04 Å². The van der Waals surface area contributed by atoms with Crippen molar-refractivity contribution in [1.29, 1.82) is 0 Å². The highest BCUT2D eigenvalue weighted by Crippen LogP contribution is 2.24. The van der Waals surface area contributed by atoms with Crippen molar-refractivity contribution in [2.75, 3.05) is 37.3 Å². The molecule has 0 radical (unpaired) electrons. The van der Waals surface area contributed by atoms with Crippen LogP contribution in [0, 0.1) is 5.92 Å². The molecule has 2 rings (SSSR count). The number of piperidine rings is 1. The van der Waals surface area contributed by atoms with Gasteiger partial charge in [-0.3, -0.25) is 13.9 Å². The van der Waals surface area contributed by atoms with E-state index < -0.39 is 16.1 Å². The summed E-state index contributed by atoms with van der Waals surface area (Å²) in [6.07, 6.45) is 2.18. The van der Waals surface area contributed by atoms with E-state index in [4.69, 9.17) is 9.47 Å². The molecule has 1 aromatic carbocycles. The van der Waals surface area contributed by atoms with Gasteiger partial charge < -0.3 is 14.4 Å². The highest BCUT2D eigenvalue weighted by molar-refractivity contribution is 7.92. The van der Waals surface area contributed by atoms with E-state index in [2.05, 4.69) is 0 Å². The lowest BCUT2D eigenvalue weighted by Crippen LogP contribution is -2.46. The Balaban J connectivity index is 1.96. The Morgan fingerprint density at radius 2 is 1.76 bits per heavy atom. The molecule has 1 atom stereocenters. The van der Waals surface area contributed by atoms with Crippen molar-refractivity contribution in [3.8, 4) is 5.75 Å². The monoisotopic (exact) mass is 426 g/mol. The number of carbonyl (C=O) groups excluding carboxylic acids is 2. The van der Waals surface area contributed by atoms with Crippen molar-refractivity contribution in [2.45, 2.75) is 39.2 Å². The Labute approximate surface area is 172 Å². The number of hydrogen-bond acceptors (Lipinski definition) is 6. The normalized spacial score (nSPS) is 16.2. The first kappa shape index (κ1) is 23.0. The Morgan fingerprint density at radius 1 is 1.17 bits per heavy atom. The van der Waals surface area contributed by atoms with E-state index in [1.165, 1.54) is 11.4 Å². The molecule has 1 amide bonds. The van der Waals surface area contributed by atoms with E-state index >= 15 is 0 Å². The van der Waals surface area contributed by atoms with Gasteiger partial charge in [0.15, 0.2) is 6.10 Å². The minimum absolute atomic E-state index is 0.105. The molecule has 29 heavy (non-hydrogen) atoms.